The first-order chi connectivity index (χ1) is 8.00. The Labute approximate surface area is 127 Å². The molecule has 0 fully saturated rings. The van der Waals surface area contributed by atoms with Crippen molar-refractivity contribution in [1.82, 2.24) is 10.3 Å². The molecule has 0 aliphatic rings. The number of hydrogen-bond acceptors (Lipinski definition) is 3. The van der Waals surface area contributed by atoms with Crippen molar-refractivity contribution in [1.29, 1.82) is 0 Å². The molecular weight excluding hydrogens is 285 g/mol. The van der Waals surface area contributed by atoms with Crippen LogP contribution < -0.4 is 11.1 Å². The normalized spacial score (nSPS) is 10.1. The molecule has 0 saturated carbocycles. The number of nitrogens with zero attached hydrogens (tertiary/aromatic N) is 1. The Kier molecular flexibility index (Phi) is 9.84. The highest BCUT2D eigenvalue weighted by Crippen LogP contribution is 2.10. The van der Waals surface area contributed by atoms with Gasteiger partial charge in [0.05, 0.1) is 5.56 Å². The monoisotopic (exact) mass is 307 g/mol. The average Bonchev–Trinajstić information content (AvgIpc) is 2.35. The van der Waals surface area contributed by atoms with E-state index in [-0.39, 0.29) is 36.3 Å². The summed E-state index contributed by atoms with van der Waals surface area (Å²) in [5.41, 5.74) is 7.37. The first-order valence-corrected chi connectivity index (χ1v) is 5.99. The molecule has 0 aromatic carbocycles. The summed E-state index contributed by atoms with van der Waals surface area (Å²) in [5, 5.41) is 2.86. The number of pyridine rings is 1. The maximum absolute atomic E-state index is 11.9. The van der Waals surface area contributed by atoms with Gasteiger partial charge in [-0.3, -0.25) is 9.78 Å². The Balaban J connectivity index is 0. The highest BCUT2D eigenvalue weighted by Gasteiger charge is 2.21. The van der Waals surface area contributed by atoms with Gasteiger partial charge < -0.3 is 11.1 Å². The Hall–Kier alpha value is -0.840. The van der Waals surface area contributed by atoms with E-state index < -0.39 is 0 Å². The molecule has 1 amide bonds. The van der Waals surface area contributed by atoms with Crippen LogP contribution in [0.5, 0.6) is 0 Å². The Morgan fingerprint density at radius 1 is 1.32 bits per heavy atom. The van der Waals surface area contributed by atoms with Crippen LogP contribution in [0.25, 0.3) is 0 Å². The molecule has 0 aliphatic heterocycles. The lowest BCUT2D eigenvalue weighted by Gasteiger charge is -2.26. The molecule has 6 heteroatoms. The number of halogens is 2. The number of aromatic nitrogens is 1. The first kappa shape index (κ1) is 20.5. The summed E-state index contributed by atoms with van der Waals surface area (Å²) in [6.45, 7) is 6.47. The lowest BCUT2D eigenvalue weighted by Crippen LogP contribution is -2.49. The molecule has 1 rings (SSSR count). The van der Waals surface area contributed by atoms with Crippen molar-refractivity contribution in [2.75, 3.05) is 6.54 Å². The van der Waals surface area contributed by atoms with Gasteiger partial charge in [-0.25, -0.2) is 0 Å². The number of nitrogens with one attached hydrogen (secondary N) is 1. The topological polar surface area (TPSA) is 68.0 Å². The Morgan fingerprint density at radius 3 is 2.37 bits per heavy atom. The third-order valence-electron chi connectivity index (χ3n) is 3.15. The van der Waals surface area contributed by atoms with Crippen molar-refractivity contribution in [2.24, 2.45) is 5.73 Å². The highest BCUT2D eigenvalue weighted by molar-refractivity contribution is 5.94. The van der Waals surface area contributed by atoms with Crippen LogP contribution in [0.1, 0.15) is 42.6 Å². The fraction of sp³-hybridized carbons (Fsp3) is 0.538. The second-order valence-corrected chi connectivity index (χ2v) is 4.50. The van der Waals surface area contributed by atoms with Gasteiger partial charge in [0.1, 0.15) is 0 Å². The number of carbonyl (C=O) groups excluding carboxylic acids is 1. The predicted octanol–water partition coefficient (Wildman–Crippen LogP) is 2.48. The lowest BCUT2D eigenvalue weighted by molar-refractivity contribution is 0.0941. The van der Waals surface area contributed by atoms with Gasteiger partial charge in [-0.15, -0.1) is 24.8 Å². The van der Waals surface area contributed by atoms with E-state index in [2.05, 4.69) is 10.3 Å². The lowest BCUT2D eigenvalue weighted by atomic mass is 9.94. The van der Waals surface area contributed by atoms with Crippen molar-refractivity contribution in [3.8, 4) is 0 Å². The summed E-state index contributed by atoms with van der Waals surface area (Å²) in [7, 11) is 0. The van der Waals surface area contributed by atoms with Gasteiger partial charge in [0.2, 0.25) is 0 Å². The van der Waals surface area contributed by atoms with Gasteiger partial charge in [-0.05, 0) is 31.4 Å². The van der Waals surface area contributed by atoms with E-state index in [4.69, 9.17) is 5.73 Å². The number of hydrogen-bond donors (Lipinski definition) is 2. The summed E-state index contributed by atoms with van der Waals surface area (Å²) < 4.78 is 0. The maximum Gasteiger partial charge on any atom is 0.252 e. The number of carbonyl (C=O) groups is 1. The second-order valence-electron chi connectivity index (χ2n) is 4.50. The van der Waals surface area contributed by atoms with E-state index in [1.54, 1.807) is 12.4 Å². The number of aryl methyl sites for hydroxylation is 1. The molecule has 0 spiro atoms. The van der Waals surface area contributed by atoms with Crippen LogP contribution in [-0.4, -0.2) is 23.0 Å². The number of amides is 1. The van der Waals surface area contributed by atoms with Crippen LogP contribution in [0.15, 0.2) is 18.5 Å². The zero-order valence-electron chi connectivity index (χ0n) is 11.6. The Morgan fingerprint density at radius 2 is 1.89 bits per heavy atom. The SMILES string of the molecule is CCC(N)(CC)CNC(=O)c1cncc(C)c1.Cl.Cl. The van der Waals surface area contributed by atoms with Crippen LogP contribution in [-0.2, 0) is 0 Å². The quantitative estimate of drug-likeness (QED) is 0.878. The minimum absolute atomic E-state index is 0. The summed E-state index contributed by atoms with van der Waals surface area (Å²) >= 11 is 0. The molecule has 4 nitrogen and oxygen atoms in total. The van der Waals surface area contributed by atoms with Gasteiger partial charge in [0.25, 0.3) is 5.91 Å². The molecule has 0 aliphatic carbocycles. The summed E-state index contributed by atoms with van der Waals surface area (Å²) in [6, 6.07) is 1.82. The van der Waals surface area contributed by atoms with Crippen LogP contribution in [0.3, 0.4) is 0 Å². The van der Waals surface area contributed by atoms with E-state index >= 15 is 0 Å². The number of nitrogens with two attached hydrogens (primary N) is 1. The third kappa shape index (κ3) is 6.23. The molecule has 0 atom stereocenters. The zero-order valence-corrected chi connectivity index (χ0v) is 13.2. The molecule has 0 unspecified atom stereocenters. The van der Waals surface area contributed by atoms with Crippen molar-refractivity contribution < 1.29 is 4.79 Å². The molecule has 0 radical (unpaired) electrons. The van der Waals surface area contributed by atoms with Crippen molar-refractivity contribution in [3.63, 3.8) is 0 Å². The molecule has 0 bridgehead atoms. The van der Waals surface area contributed by atoms with Crippen LogP contribution in [0.4, 0.5) is 0 Å². The van der Waals surface area contributed by atoms with Crippen molar-refractivity contribution in [3.05, 3.63) is 29.6 Å². The van der Waals surface area contributed by atoms with E-state index in [0.717, 1.165) is 18.4 Å². The standard InChI is InChI=1S/C13H21N3O.2ClH/c1-4-13(14,5-2)9-16-12(17)11-6-10(3)7-15-8-11;;/h6-8H,4-5,9,14H2,1-3H3,(H,16,17);2*1H. The van der Waals surface area contributed by atoms with E-state index in [1.807, 2.05) is 26.8 Å². The molecular formula is C13H23Cl2N3O. The summed E-state index contributed by atoms with van der Waals surface area (Å²) in [4.78, 5) is 15.9. The molecule has 110 valence electrons. The zero-order chi connectivity index (χ0) is 12.9. The van der Waals surface area contributed by atoms with E-state index in [0.29, 0.717) is 12.1 Å². The largest absolute Gasteiger partial charge is 0.350 e. The van der Waals surface area contributed by atoms with Crippen molar-refractivity contribution in [2.45, 2.75) is 39.2 Å². The predicted molar refractivity (Wildman–Crippen MR) is 83.3 cm³/mol. The third-order valence-corrected chi connectivity index (χ3v) is 3.15. The molecule has 1 heterocycles. The van der Waals surface area contributed by atoms with Gasteiger partial charge in [0.15, 0.2) is 0 Å². The molecule has 19 heavy (non-hydrogen) atoms. The Bertz CT molecular complexity index is 395. The minimum Gasteiger partial charge on any atom is -0.350 e. The highest BCUT2D eigenvalue weighted by atomic mass is 35.5. The van der Waals surface area contributed by atoms with Gasteiger partial charge in [-0.1, -0.05) is 13.8 Å². The summed E-state index contributed by atoms with van der Waals surface area (Å²) in [5.74, 6) is -0.113. The minimum atomic E-state index is -0.313. The second kappa shape index (κ2) is 9.13. The average molecular weight is 308 g/mol. The van der Waals surface area contributed by atoms with E-state index in [9.17, 15) is 4.79 Å². The maximum atomic E-state index is 11.9. The van der Waals surface area contributed by atoms with Crippen LogP contribution >= 0.6 is 24.8 Å². The van der Waals surface area contributed by atoms with E-state index in [1.165, 1.54) is 0 Å². The molecule has 0 saturated heterocycles. The van der Waals surface area contributed by atoms with Gasteiger partial charge in [-0.2, -0.15) is 0 Å². The van der Waals surface area contributed by atoms with Crippen LogP contribution in [0.2, 0.25) is 0 Å². The molecule has 1 aromatic rings. The van der Waals surface area contributed by atoms with Crippen molar-refractivity contribution >= 4 is 30.7 Å². The molecule has 1 aromatic heterocycles. The smallest absolute Gasteiger partial charge is 0.252 e. The first-order valence-electron chi connectivity index (χ1n) is 5.99. The fourth-order valence-corrected chi connectivity index (χ4v) is 1.54. The number of rotatable bonds is 5. The summed E-state index contributed by atoms with van der Waals surface area (Å²) in [6.07, 6.45) is 4.98. The van der Waals surface area contributed by atoms with Gasteiger partial charge >= 0.3 is 0 Å². The molecule has 3 N–H and O–H groups in total. The fourth-order valence-electron chi connectivity index (χ4n) is 1.54. The van der Waals surface area contributed by atoms with Gasteiger partial charge in [0, 0.05) is 24.5 Å². The van der Waals surface area contributed by atoms with Crippen LogP contribution in [0, 0.1) is 6.92 Å².